The minimum atomic E-state index is -4.27. The zero-order valence-corrected chi connectivity index (χ0v) is 15.3. The second-order valence-corrected chi connectivity index (χ2v) is 7.58. The highest BCUT2D eigenvalue weighted by Crippen LogP contribution is 2.30. The monoisotopic (exact) mass is 423 g/mol. The fraction of sp³-hybridized carbons (Fsp3) is 0. The summed E-state index contributed by atoms with van der Waals surface area (Å²) >= 11 is 6.12. The summed E-state index contributed by atoms with van der Waals surface area (Å²) in [6.07, 6.45) is 0. The summed E-state index contributed by atoms with van der Waals surface area (Å²) < 4.78 is 67.2. The predicted octanol–water partition coefficient (Wildman–Crippen LogP) is 4.49. The summed E-state index contributed by atoms with van der Waals surface area (Å²) in [4.78, 5) is 3.51. The van der Waals surface area contributed by atoms with Gasteiger partial charge in [0, 0.05) is 5.56 Å². The molecule has 3 aromatic rings. The number of nitrogens with one attached hydrogen (secondary N) is 1. The topological polar surface area (TPSA) is 82.8 Å². The minimum Gasteiger partial charge on any atom is -0.277 e. The molecular formula is C18H9ClF3N3O2S. The zero-order valence-electron chi connectivity index (χ0n) is 13.7. The van der Waals surface area contributed by atoms with E-state index >= 15 is 0 Å². The largest absolute Gasteiger partial charge is 0.277 e. The van der Waals surface area contributed by atoms with Crippen molar-refractivity contribution in [1.29, 1.82) is 5.26 Å². The fourth-order valence-electron chi connectivity index (χ4n) is 2.33. The van der Waals surface area contributed by atoms with Crippen LogP contribution in [0.3, 0.4) is 0 Å². The Labute approximate surface area is 163 Å². The number of anilines is 1. The van der Waals surface area contributed by atoms with Gasteiger partial charge in [0.1, 0.15) is 6.07 Å². The lowest BCUT2D eigenvalue weighted by Crippen LogP contribution is -2.14. The summed E-state index contributed by atoms with van der Waals surface area (Å²) in [5, 5.41) is 8.81. The summed E-state index contributed by atoms with van der Waals surface area (Å²) in [6, 6.07) is 10.5. The Morgan fingerprint density at radius 2 is 1.79 bits per heavy atom. The first-order valence-electron chi connectivity index (χ1n) is 7.56. The van der Waals surface area contributed by atoms with E-state index in [1.807, 2.05) is 4.72 Å². The number of benzene rings is 2. The Kier molecular flexibility index (Phi) is 5.27. The van der Waals surface area contributed by atoms with Crippen molar-refractivity contribution in [3.63, 3.8) is 0 Å². The Bertz CT molecular complexity index is 1230. The first-order chi connectivity index (χ1) is 13.2. The molecule has 0 aliphatic carbocycles. The Hall–Kier alpha value is -3.09. The standard InChI is InChI=1S/C18H9ClF3N3O2S/c19-12-8-10(28(26,27)25-16-3-1-2-14(21)18(16)22)4-5-11(12)15-7-6-13(20)17(9-23)24-15/h1-8,25H. The molecule has 0 aliphatic rings. The first kappa shape index (κ1) is 19.7. The van der Waals surface area contributed by atoms with Crippen molar-refractivity contribution in [3.05, 3.63) is 76.7 Å². The molecule has 1 heterocycles. The van der Waals surface area contributed by atoms with Gasteiger partial charge < -0.3 is 0 Å². The van der Waals surface area contributed by atoms with Gasteiger partial charge in [0.2, 0.25) is 0 Å². The van der Waals surface area contributed by atoms with E-state index in [1.54, 1.807) is 6.07 Å². The average molecular weight is 424 g/mol. The highest BCUT2D eigenvalue weighted by Gasteiger charge is 2.20. The Morgan fingerprint density at radius 3 is 2.46 bits per heavy atom. The molecule has 3 rings (SSSR count). The third kappa shape index (κ3) is 3.78. The second-order valence-electron chi connectivity index (χ2n) is 5.49. The van der Waals surface area contributed by atoms with Crippen molar-refractivity contribution in [1.82, 2.24) is 4.98 Å². The molecular weight excluding hydrogens is 415 g/mol. The van der Waals surface area contributed by atoms with Crippen LogP contribution in [-0.2, 0) is 10.0 Å². The summed E-state index contributed by atoms with van der Waals surface area (Å²) in [7, 11) is -4.27. The molecule has 0 saturated carbocycles. The molecule has 0 radical (unpaired) electrons. The van der Waals surface area contributed by atoms with E-state index in [1.165, 1.54) is 12.1 Å². The number of sulfonamides is 1. The molecule has 1 aromatic heterocycles. The lowest BCUT2D eigenvalue weighted by atomic mass is 10.1. The van der Waals surface area contributed by atoms with Gasteiger partial charge in [-0.3, -0.25) is 4.72 Å². The van der Waals surface area contributed by atoms with Gasteiger partial charge in [-0.2, -0.15) is 5.26 Å². The SMILES string of the molecule is N#Cc1nc(-c2ccc(S(=O)(=O)Nc3cccc(F)c3F)cc2Cl)ccc1F. The summed E-state index contributed by atoms with van der Waals surface area (Å²) in [6.45, 7) is 0. The van der Waals surface area contributed by atoms with Crippen LogP contribution in [0.1, 0.15) is 5.69 Å². The Balaban J connectivity index is 1.98. The zero-order chi connectivity index (χ0) is 20.5. The molecule has 0 saturated heterocycles. The lowest BCUT2D eigenvalue weighted by molar-refractivity contribution is 0.511. The van der Waals surface area contributed by atoms with Gasteiger partial charge in [0.25, 0.3) is 10.0 Å². The van der Waals surface area contributed by atoms with Crippen LogP contribution >= 0.6 is 11.6 Å². The van der Waals surface area contributed by atoms with E-state index in [9.17, 15) is 21.6 Å². The number of hydrogen-bond donors (Lipinski definition) is 1. The van der Waals surface area contributed by atoms with E-state index in [0.717, 1.165) is 36.4 Å². The number of nitriles is 1. The third-order valence-electron chi connectivity index (χ3n) is 3.67. The van der Waals surface area contributed by atoms with Crippen LogP contribution in [0.5, 0.6) is 0 Å². The fourth-order valence-corrected chi connectivity index (χ4v) is 3.75. The second kappa shape index (κ2) is 7.50. The normalized spacial score (nSPS) is 11.1. The van der Waals surface area contributed by atoms with Crippen LogP contribution in [-0.4, -0.2) is 13.4 Å². The molecule has 10 heteroatoms. The molecule has 0 unspecified atom stereocenters. The van der Waals surface area contributed by atoms with Crippen molar-refractivity contribution >= 4 is 27.3 Å². The third-order valence-corrected chi connectivity index (χ3v) is 5.35. The number of pyridine rings is 1. The van der Waals surface area contributed by atoms with Gasteiger partial charge in [0.15, 0.2) is 23.1 Å². The molecule has 0 atom stereocenters. The molecule has 142 valence electrons. The maximum absolute atomic E-state index is 13.7. The predicted molar refractivity (Wildman–Crippen MR) is 96.5 cm³/mol. The summed E-state index contributed by atoms with van der Waals surface area (Å²) in [5.74, 6) is -3.35. The molecule has 28 heavy (non-hydrogen) atoms. The number of aromatic nitrogens is 1. The van der Waals surface area contributed by atoms with Crippen LogP contribution in [0.25, 0.3) is 11.3 Å². The number of nitrogens with zero attached hydrogens (tertiary/aromatic N) is 2. The van der Waals surface area contributed by atoms with Gasteiger partial charge in [-0.1, -0.05) is 17.7 Å². The lowest BCUT2D eigenvalue weighted by Gasteiger charge is -2.11. The smallest absolute Gasteiger partial charge is 0.262 e. The highest BCUT2D eigenvalue weighted by molar-refractivity contribution is 7.92. The van der Waals surface area contributed by atoms with Crippen LogP contribution in [0.2, 0.25) is 5.02 Å². The average Bonchev–Trinajstić information content (AvgIpc) is 2.66. The molecule has 2 aromatic carbocycles. The Morgan fingerprint density at radius 1 is 1.04 bits per heavy atom. The van der Waals surface area contributed by atoms with Crippen LogP contribution < -0.4 is 4.72 Å². The summed E-state index contributed by atoms with van der Waals surface area (Å²) in [5.41, 5.74) is -0.572. The highest BCUT2D eigenvalue weighted by atomic mass is 35.5. The van der Waals surface area contributed by atoms with E-state index in [2.05, 4.69) is 4.98 Å². The van der Waals surface area contributed by atoms with E-state index < -0.39 is 38.9 Å². The maximum Gasteiger partial charge on any atom is 0.262 e. The van der Waals surface area contributed by atoms with Gasteiger partial charge >= 0.3 is 0 Å². The van der Waals surface area contributed by atoms with Crippen molar-refractivity contribution < 1.29 is 21.6 Å². The van der Waals surface area contributed by atoms with Crippen LogP contribution in [0.4, 0.5) is 18.9 Å². The van der Waals surface area contributed by atoms with Gasteiger partial charge in [-0.15, -0.1) is 0 Å². The van der Waals surface area contributed by atoms with Crippen molar-refractivity contribution in [2.45, 2.75) is 4.90 Å². The number of hydrogen-bond acceptors (Lipinski definition) is 4. The molecule has 0 spiro atoms. The molecule has 0 fully saturated rings. The van der Waals surface area contributed by atoms with Crippen molar-refractivity contribution in [3.8, 4) is 17.3 Å². The molecule has 0 bridgehead atoms. The van der Waals surface area contributed by atoms with Gasteiger partial charge in [-0.25, -0.2) is 26.6 Å². The van der Waals surface area contributed by atoms with Gasteiger partial charge in [0.05, 0.1) is 21.3 Å². The van der Waals surface area contributed by atoms with Gasteiger partial charge in [-0.05, 0) is 42.5 Å². The van der Waals surface area contributed by atoms with Crippen molar-refractivity contribution in [2.75, 3.05) is 4.72 Å². The minimum absolute atomic E-state index is 0.0504. The number of halogens is 4. The van der Waals surface area contributed by atoms with E-state index in [4.69, 9.17) is 16.9 Å². The maximum atomic E-state index is 13.7. The van der Waals surface area contributed by atoms with Crippen LogP contribution in [0.15, 0.2) is 53.4 Å². The van der Waals surface area contributed by atoms with E-state index in [-0.39, 0.29) is 21.2 Å². The molecule has 0 aliphatic heterocycles. The first-order valence-corrected chi connectivity index (χ1v) is 9.42. The van der Waals surface area contributed by atoms with E-state index in [0.29, 0.717) is 0 Å². The quantitative estimate of drug-likeness (QED) is 0.670. The molecule has 5 nitrogen and oxygen atoms in total. The molecule has 0 amide bonds. The molecule has 1 N–H and O–H groups in total. The van der Waals surface area contributed by atoms with Crippen LogP contribution in [0, 0.1) is 28.8 Å². The number of rotatable bonds is 4. The van der Waals surface area contributed by atoms with Crippen molar-refractivity contribution in [2.24, 2.45) is 0 Å².